The molecule has 0 aliphatic rings. The molecular formula is C18H21ClF3N5O2. The van der Waals surface area contributed by atoms with Crippen molar-refractivity contribution >= 4 is 23.5 Å². The van der Waals surface area contributed by atoms with Crippen molar-refractivity contribution in [2.75, 3.05) is 25.0 Å². The molecule has 0 saturated carbocycles. The molecule has 158 valence electrons. The van der Waals surface area contributed by atoms with Gasteiger partial charge in [-0.15, -0.1) is 0 Å². The van der Waals surface area contributed by atoms with E-state index in [0.29, 0.717) is 30.3 Å². The number of carbonyl (C=O) groups excluding carboxylic acids is 1. The van der Waals surface area contributed by atoms with Gasteiger partial charge in [0.1, 0.15) is 17.3 Å². The van der Waals surface area contributed by atoms with Gasteiger partial charge < -0.3 is 15.4 Å². The number of aryl methyl sites for hydroxylation is 1. The SMILES string of the molecule is Cc1cc(C(=O)NCCOc2ncc(C(F)(F)F)cc2Cl)nc(NCC(C)C)n1. The highest BCUT2D eigenvalue weighted by atomic mass is 35.5. The summed E-state index contributed by atoms with van der Waals surface area (Å²) in [5.41, 5.74) is -0.146. The fraction of sp³-hybridized carbons (Fsp3) is 0.444. The Balaban J connectivity index is 1.89. The minimum Gasteiger partial charge on any atom is -0.475 e. The molecule has 0 bridgehead atoms. The maximum absolute atomic E-state index is 12.6. The summed E-state index contributed by atoms with van der Waals surface area (Å²) in [6.45, 7) is 6.53. The molecule has 0 aliphatic carbocycles. The maximum Gasteiger partial charge on any atom is 0.417 e. The zero-order valence-corrected chi connectivity index (χ0v) is 16.9. The highest BCUT2D eigenvalue weighted by Gasteiger charge is 2.31. The molecule has 2 N–H and O–H groups in total. The van der Waals surface area contributed by atoms with Crippen LogP contribution in [0.4, 0.5) is 19.1 Å². The van der Waals surface area contributed by atoms with Crippen molar-refractivity contribution in [2.24, 2.45) is 5.92 Å². The van der Waals surface area contributed by atoms with Crippen LogP contribution >= 0.6 is 11.6 Å². The van der Waals surface area contributed by atoms with Gasteiger partial charge in [0.15, 0.2) is 0 Å². The van der Waals surface area contributed by atoms with Crippen molar-refractivity contribution < 1.29 is 22.7 Å². The van der Waals surface area contributed by atoms with Crippen LogP contribution in [0.2, 0.25) is 5.02 Å². The van der Waals surface area contributed by atoms with E-state index in [0.717, 1.165) is 6.07 Å². The zero-order chi connectivity index (χ0) is 21.6. The molecule has 2 heterocycles. The number of aromatic nitrogens is 3. The summed E-state index contributed by atoms with van der Waals surface area (Å²) in [7, 11) is 0. The molecule has 0 fully saturated rings. The zero-order valence-electron chi connectivity index (χ0n) is 16.1. The predicted molar refractivity (Wildman–Crippen MR) is 102 cm³/mol. The van der Waals surface area contributed by atoms with E-state index in [-0.39, 0.29) is 29.7 Å². The Bertz CT molecular complexity index is 862. The lowest BCUT2D eigenvalue weighted by molar-refractivity contribution is -0.137. The van der Waals surface area contributed by atoms with Gasteiger partial charge in [-0.1, -0.05) is 25.4 Å². The minimum atomic E-state index is -4.54. The number of nitrogens with zero attached hydrogens (tertiary/aromatic N) is 3. The number of ether oxygens (including phenoxy) is 1. The molecule has 0 aromatic carbocycles. The lowest BCUT2D eigenvalue weighted by Crippen LogP contribution is -2.29. The molecule has 11 heteroatoms. The van der Waals surface area contributed by atoms with Crippen molar-refractivity contribution in [1.82, 2.24) is 20.3 Å². The Kier molecular flexibility index (Phi) is 7.60. The number of nitrogens with one attached hydrogen (secondary N) is 2. The van der Waals surface area contributed by atoms with Gasteiger partial charge in [-0.05, 0) is 25.0 Å². The molecule has 7 nitrogen and oxygen atoms in total. The lowest BCUT2D eigenvalue weighted by Gasteiger charge is -2.11. The van der Waals surface area contributed by atoms with Gasteiger partial charge in [-0.2, -0.15) is 13.2 Å². The van der Waals surface area contributed by atoms with Crippen LogP contribution in [0.5, 0.6) is 5.88 Å². The van der Waals surface area contributed by atoms with Gasteiger partial charge in [0, 0.05) is 18.4 Å². The Morgan fingerprint density at radius 1 is 1.28 bits per heavy atom. The first-order valence-electron chi connectivity index (χ1n) is 8.79. The number of hydrogen-bond acceptors (Lipinski definition) is 6. The van der Waals surface area contributed by atoms with Gasteiger partial charge in [0.2, 0.25) is 11.8 Å². The van der Waals surface area contributed by atoms with E-state index in [1.165, 1.54) is 0 Å². The highest BCUT2D eigenvalue weighted by Crippen LogP contribution is 2.32. The Morgan fingerprint density at radius 3 is 2.62 bits per heavy atom. The first kappa shape index (κ1) is 22.7. The lowest BCUT2D eigenvalue weighted by atomic mass is 10.2. The topological polar surface area (TPSA) is 89.0 Å². The van der Waals surface area contributed by atoms with Gasteiger partial charge >= 0.3 is 6.18 Å². The van der Waals surface area contributed by atoms with Crippen LogP contribution in [-0.2, 0) is 6.18 Å². The predicted octanol–water partition coefficient (Wildman–Crippen LogP) is 3.73. The largest absolute Gasteiger partial charge is 0.475 e. The fourth-order valence-electron chi connectivity index (χ4n) is 2.15. The molecule has 29 heavy (non-hydrogen) atoms. The second-order valence-electron chi connectivity index (χ2n) is 6.61. The maximum atomic E-state index is 12.6. The second-order valence-corrected chi connectivity index (χ2v) is 7.01. The third kappa shape index (κ3) is 7.04. The van der Waals surface area contributed by atoms with Gasteiger partial charge in [-0.25, -0.2) is 15.0 Å². The van der Waals surface area contributed by atoms with E-state index in [2.05, 4.69) is 25.6 Å². The molecule has 0 aliphatic heterocycles. The first-order valence-corrected chi connectivity index (χ1v) is 9.17. The average molecular weight is 432 g/mol. The van der Waals surface area contributed by atoms with E-state index in [9.17, 15) is 18.0 Å². The Morgan fingerprint density at radius 2 is 2.00 bits per heavy atom. The van der Waals surface area contributed by atoms with Crippen LogP contribution in [0.3, 0.4) is 0 Å². The molecule has 0 atom stereocenters. The minimum absolute atomic E-state index is 0.0354. The smallest absolute Gasteiger partial charge is 0.417 e. The van der Waals surface area contributed by atoms with E-state index >= 15 is 0 Å². The number of halogens is 4. The number of amides is 1. The molecule has 2 rings (SSSR count). The molecule has 0 radical (unpaired) electrons. The number of hydrogen-bond donors (Lipinski definition) is 2. The van der Waals surface area contributed by atoms with Gasteiger partial charge in [-0.3, -0.25) is 4.79 Å². The molecule has 1 amide bonds. The summed E-state index contributed by atoms with van der Waals surface area (Å²) in [5, 5.41) is 5.41. The molecule has 0 saturated heterocycles. The number of pyridine rings is 1. The van der Waals surface area contributed by atoms with Crippen LogP contribution in [-0.4, -0.2) is 40.6 Å². The van der Waals surface area contributed by atoms with Crippen molar-refractivity contribution in [3.05, 3.63) is 40.3 Å². The quantitative estimate of drug-likeness (QED) is 0.619. The molecule has 2 aromatic rings. The van der Waals surface area contributed by atoms with Gasteiger partial charge in [0.25, 0.3) is 5.91 Å². The molecule has 0 unspecified atom stereocenters. The average Bonchev–Trinajstić information content (AvgIpc) is 2.63. The van der Waals surface area contributed by atoms with Gasteiger partial charge in [0.05, 0.1) is 12.1 Å². The molecule has 0 spiro atoms. The van der Waals surface area contributed by atoms with E-state index in [1.54, 1.807) is 13.0 Å². The molecular weight excluding hydrogens is 411 g/mol. The number of anilines is 1. The van der Waals surface area contributed by atoms with E-state index < -0.39 is 17.6 Å². The number of alkyl halides is 3. The van der Waals surface area contributed by atoms with Crippen LogP contribution in [0.15, 0.2) is 18.3 Å². The Labute approximate surface area is 171 Å². The van der Waals surface area contributed by atoms with Crippen LogP contribution < -0.4 is 15.4 Å². The normalized spacial score (nSPS) is 11.4. The molecule has 2 aromatic heterocycles. The summed E-state index contributed by atoms with van der Waals surface area (Å²) in [6, 6.07) is 2.28. The van der Waals surface area contributed by atoms with Crippen LogP contribution in [0.25, 0.3) is 0 Å². The van der Waals surface area contributed by atoms with Crippen molar-refractivity contribution in [3.8, 4) is 5.88 Å². The third-order valence-electron chi connectivity index (χ3n) is 3.52. The van der Waals surface area contributed by atoms with Crippen molar-refractivity contribution in [1.29, 1.82) is 0 Å². The number of rotatable bonds is 8. The standard InChI is InChI=1S/C18H21ClF3N5O2/c1-10(2)8-25-17-26-11(3)6-14(27-17)15(28)23-4-5-29-16-13(19)7-12(9-24-16)18(20,21)22/h6-7,9-10H,4-5,8H2,1-3H3,(H,23,28)(H,25,26,27). The van der Waals surface area contributed by atoms with Crippen LogP contribution in [0, 0.1) is 12.8 Å². The Hall–Kier alpha value is -2.62. The summed E-state index contributed by atoms with van der Waals surface area (Å²) in [6.07, 6.45) is -3.91. The summed E-state index contributed by atoms with van der Waals surface area (Å²) >= 11 is 5.76. The summed E-state index contributed by atoms with van der Waals surface area (Å²) in [5.74, 6) is 0.171. The van der Waals surface area contributed by atoms with Crippen molar-refractivity contribution in [2.45, 2.75) is 26.9 Å². The highest BCUT2D eigenvalue weighted by molar-refractivity contribution is 6.31. The van der Waals surface area contributed by atoms with E-state index in [4.69, 9.17) is 16.3 Å². The van der Waals surface area contributed by atoms with E-state index in [1.807, 2.05) is 13.8 Å². The second kappa shape index (κ2) is 9.73. The summed E-state index contributed by atoms with van der Waals surface area (Å²) < 4.78 is 43.0. The fourth-order valence-corrected chi connectivity index (χ4v) is 2.37. The monoisotopic (exact) mass is 431 g/mol. The third-order valence-corrected chi connectivity index (χ3v) is 3.79. The first-order chi connectivity index (χ1) is 13.6. The van der Waals surface area contributed by atoms with Crippen molar-refractivity contribution in [3.63, 3.8) is 0 Å². The van der Waals surface area contributed by atoms with Crippen LogP contribution in [0.1, 0.15) is 35.6 Å². The number of carbonyl (C=O) groups is 1. The summed E-state index contributed by atoms with van der Waals surface area (Å²) in [4.78, 5) is 24.2.